The van der Waals surface area contributed by atoms with Gasteiger partial charge in [0.15, 0.2) is 0 Å². The molecule has 15 heavy (non-hydrogen) atoms. The van der Waals surface area contributed by atoms with Crippen molar-refractivity contribution in [2.75, 3.05) is 12.4 Å². The first kappa shape index (κ1) is 10.5. The second kappa shape index (κ2) is 3.54. The molecule has 0 aromatic carbocycles. The third kappa shape index (κ3) is 2.01. The molecule has 1 saturated carbocycles. The van der Waals surface area contributed by atoms with Crippen LogP contribution in [0.25, 0.3) is 0 Å². The average Bonchev–Trinajstić information content (AvgIpc) is 2.68. The summed E-state index contributed by atoms with van der Waals surface area (Å²) in [7, 11) is 1.94. The Morgan fingerprint density at radius 3 is 2.80 bits per heavy atom. The van der Waals surface area contributed by atoms with E-state index in [1.807, 2.05) is 7.05 Å². The van der Waals surface area contributed by atoms with Gasteiger partial charge in [-0.15, -0.1) is 0 Å². The monoisotopic (exact) mass is 207 g/mol. The lowest BCUT2D eigenvalue weighted by atomic mass is 9.92. The molecule has 0 radical (unpaired) electrons. The number of anilines is 1. The van der Waals surface area contributed by atoms with Gasteiger partial charge >= 0.3 is 0 Å². The summed E-state index contributed by atoms with van der Waals surface area (Å²) in [6, 6.07) is 0.628. The van der Waals surface area contributed by atoms with Crippen molar-refractivity contribution in [3.8, 4) is 0 Å². The van der Waals surface area contributed by atoms with Crippen LogP contribution in [-0.4, -0.2) is 16.6 Å². The van der Waals surface area contributed by atoms with Gasteiger partial charge in [0.05, 0.1) is 5.69 Å². The Kier molecular flexibility index (Phi) is 2.49. The second-order valence-electron chi connectivity index (χ2n) is 5.42. The van der Waals surface area contributed by atoms with Crippen LogP contribution in [0.5, 0.6) is 0 Å². The van der Waals surface area contributed by atoms with Gasteiger partial charge < -0.3 is 9.88 Å². The smallest absolute Gasteiger partial charge is 0.203 e. The Morgan fingerprint density at radius 2 is 2.27 bits per heavy atom. The number of hydrogen-bond donors (Lipinski definition) is 1. The SMILES string of the molecule is CNc1nc(C)cn1C1CCC(C)(C)C1. The molecule has 1 aliphatic rings. The predicted octanol–water partition coefficient (Wildman–Crippen LogP) is 2.98. The lowest BCUT2D eigenvalue weighted by molar-refractivity contribution is 0.359. The summed E-state index contributed by atoms with van der Waals surface area (Å²) in [4.78, 5) is 4.47. The molecule has 0 spiro atoms. The minimum atomic E-state index is 0.494. The zero-order chi connectivity index (χ0) is 11.1. The van der Waals surface area contributed by atoms with Gasteiger partial charge in [-0.1, -0.05) is 13.8 Å². The first-order valence-electron chi connectivity index (χ1n) is 5.75. The van der Waals surface area contributed by atoms with E-state index in [0.29, 0.717) is 11.5 Å². The van der Waals surface area contributed by atoms with E-state index in [0.717, 1.165) is 11.6 Å². The van der Waals surface area contributed by atoms with Crippen molar-refractivity contribution in [1.29, 1.82) is 0 Å². The highest BCUT2D eigenvalue weighted by Crippen LogP contribution is 2.44. The number of nitrogens with one attached hydrogen (secondary N) is 1. The molecule has 3 nitrogen and oxygen atoms in total. The largest absolute Gasteiger partial charge is 0.359 e. The second-order valence-corrected chi connectivity index (χ2v) is 5.42. The van der Waals surface area contributed by atoms with Gasteiger partial charge in [0, 0.05) is 19.3 Å². The van der Waals surface area contributed by atoms with E-state index in [2.05, 4.69) is 41.8 Å². The van der Waals surface area contributed by atoms with Crippen molar-refractivity contribution in [1.82, 2.24) is 9.55 Å². The standard InChI is InChI=1S/C12H21N3/c1-9-8-15(11(13-4)14-9)10-5-6-12(2,3)7-10/h8,10H,5-7H2,1-4H3,(H,13,14). The van der Waals surface area contributed by atoms with Crippen LogP contribution >= 0.6 is 0 Å². The van der Waals surface area contributed by atoms with E-state index in [1.165, 1.54) is 19.3 Å². The first-order chi connectivity index (χ1) is 7.02. The number of aromatic nitrogens is 2. The molecule has 2 rings (SSSR count). The highest BCUT2D eigenvalue weighted by Gasteiger charge is 2.32. The maximum Gasteiger partial charge on any atom is 0.203 e. The minimum Gasteiger partial charge on any atom is -0.359 e. The molecule has 0 aliphatic heterocycles. The average molecular weight is 207 g/mol. The van der Waals surface area contributed by atoms with Gasteiger partial charge in [-0.3, -0.25) is 0 Å². The summed E-state index contributed by atoms with van der Waals surface area (Å²) in [5.41, 5.74) is 1.59. The van der Waals surface area contributed by atoms with E-state index in [1.54, 1.807) is 0 Å². The van der Waals surface area contributed by atoms with Crippen LogP contribution in [0.4, 0.5) is 5.95 Å². The van der Waals surface area contributed by atoms with Crippen LogP contribution < -0.4 is 5.32 Å². The van der Waals surface area contributed by atoms with Crippen molar-refractivity contribution >= 4 is 5.95 Å². The van der Waals surface area contributed by atoms with E-state index in [9.17, 15) is 0 Å². The normalized spacial score (nSPS) is 24.4. The fraction of sp³-hybridized carbons (Fsp3) is 0.750. The lowest BCUT2D eigenvalue weighted by Crippen LogP contribution is -2.11. The molecule has 1 fully saturated rings. The Bertz CT molecular complexity index is 352. The summed E-state index contributed by atoms with van der Waals surface area (Å²) in [5.74, 6) is 1.01. The lowest BCUT2D eigenvalue weighted by Gasteiger charge is -2.19. The first-order valence-corrected chi connectivity index (χ1v) is 5.75. The molecule has 1 heterocycles. The van der Waals surface area contributed by atoms with Crippen LogP contribution in [0, 0.1) is 12.3 Å². The van der Waals surface area contributed by atoms with Crippen molar-refractivity contribution in [2.45, 2.75) is 46.1 Å². The van der Waals surface area contributed by atoms with Crippen LogP contribution in [0.15, 0.2) is 6.20 Å². The van der Waals surface area contributed by atoms with Crippen molar-refractivity contribution in [2.24, 2.45) is 5.41 Å². The molecule has 3 heteroatoms. The van der Waals surface area contributed by atoms with E-state index in [-0.39, 0.29) is 0 Å². The quantitative estimate of drug-likeness (QED) is 0.808. The van der Waals surface area contributed by atoms with Crippen molar-refractivity contribution in [3.63, 3.8) is 0 Å². The van der Waals surface area contributed by atoms with Crippen molar-refractivity contribution in [3.05, 3.63) is 11.9 Å². The molecule has 1 atom stereocenters. The van der Waals surface area contributed by atoms with Gasteiger partial charge in [-0.25, -0.2) is 4.98 Å². The zero-order valence-corrected chi connectivity index (χ0v) is 10.2. The van der Waals surface area contributed by atoms with Gasteiger partial charge in [-0.05, 0) is 31.6 Å². The maximum absolute atomic E-state index is 4.47. The molecule has 1 N–H and O–H groups in total. The Morgan fingerprint density at radius 1 is 1.53 bits per heavy atom. The molecular formula is C12H21N3. The molecular weight excluding hydrogens is 186 g/mol. The van der Waals surface area contributed by atoms with E-state index in [4.69, 9.17) is 0 Å². The fourth-order valence-electron chi connectivity index (χ4n) is 2.62. The molecule has 0 amide bonds. The molecule has 0 saturated heterocycles. The van der Waals surface area contributed by atoms with E-state index < -0.39 is 0 Å². The molecule has 1 aliphatic carbocycles. The highest BCUT2D eigenvalue weighted by atomic mass is 15.2. The number of hydrogen-bond acceptors (Lipinski definition) is 2. The van der Waals surface area contributed by atoms with Crippen LogP contribution in [-0.2, 0) is 0 Å². The molecule has 0 bridgehead atoms. The van der Waals surface area contributed by atoms with Crippen LogP contribution in [0.2, 0.25) is 0 Å². The minimum absolute atomic E-state index is 0.494. The number of imidazole rings is 1. The Balaban J connectivity index is 2.23. The third-order valence-electron chi connectivity index (χ3n) is 3.41. The fourth-order valence-corrected chi connectivity index (χ4v) is 2.62. The van der Waals surface area contributed by atoms with Gasteiger partial charge in [0.1, 0.15) is 0 Å². The van der Waals surface area contributed by atoms with E-state index >= 15 is 0 Å². The van der Waals surface area contributed by atoms with Crippen LogP contribution in [0.3, 0.4) is 0 Å². The van der Waals surface area contributed by atoms with Crippen molar-refractivity contribution < 1.29 is 0 Å². The summed E-state index contributed by atoms with van der Waals surface area (Å²) >= 11 is 0. The number of nitrogens with zero attached hydrogens (tertiary/aromatic N) is 2. The summed E-state index contributed by atoms with van der Waals surface area (Å²) in [6.45, 7) is 6.77. The number of rotatable bonds is 2. The molecule has 84 valence electrons. The third-order valence-corrected chi connectivity index (χ3v) is 3.41. The predicted molar refractivity (Wildman–Crippen MR) is 63.2 cm³/mol. The summed E-state index contributed by atoms with van der Waals surface area (Å²) in [5, 5.41) is 3.17. The molecule has 1 aromatic heterocycles. The molecule has 1 aromatic rings. The zero-order valence-electron chi connectivity index (χ0n) is 10.2. The van der Waals surface area contributed by atoms with Crippen LogP contribution in [0.1, 0.15) is 44.8 Å². The van der Waals surface area contributed by atoms with Gasteiger partial charge in [0.25, 0.3) is 0 Å². The Hall–Kier alpha value is -0.990. The van der Waals surface area contributed by atoms with Gasteiger partial charge in [-0.2, -0.15) is 0 Å². The van der Waals surface area contributed by atoms with Gasteiger partial charge in [0.2, 0.25) is 5.95 Å². The Labute approximate surface area is 91.9 Å². The summed E-state index contributed by atoms with van der Waals surface area (Å²) in [6.07, 6.45) is 6.02. The number of aryl methyl sites for hydroxylation is 1. The molecule has 1 unspecified atom stereocenters. The maximum atomic E-state index is 4.47. The summed E-state index contributed by atoms with van der Waals surface area (Å²) < 4.78 is 2.31. The topological polar surface area (TPSA) is 29.9 Å². The highest BCUT2D eigenvalue weighted by molar-refractivity contribution is 5.28.